The zero-order chi connectivity index (χ0) is 13.3. The van der Waals surface area contributed by atoms with Crippen LogP contribution in [0.25, 0.3) is 0 Å². The van der Waals surface area contributed by atoms with Crippen LogP contribution in [0.1, 0.15) is 18.0 Å². The molecule has 0 aromatic carbocycles. The lowest BCUT2D eigenvalue weighted by Gasteiger charge is -2.16. The monoisotopic (exact) mass is 253 g/mol. The highest BCUT2D eigenvalue weighted by Gasteiger charge is 2.32. The first kappa shape index (κ1) is 12.6. The van der Waals surface area contributed by atoms with Crippen molar-refractivity contribution in [2.75, 3.05) is 13.2 Å². The van der Waals surface area contributed by atoms with Gasteiger partial charge < -0.3 is 10.0 Å². The molecule has 7 nitrogen and oxygen atoms in total. The fourth-order valence-corrected chi connectivity index (χ4v) is 2.28. The minimum absolute atomic E-state index is 0.133. The predicted molar refractivity (Wildman–Crippen MR) is 63.4 cm³/mol. The lowest BCUT2D eigenvalue weighted by atomic mass is 10.2. The summed E-state index contributed by atoms with van der Waals surface area (Å²) < 4.78 is 1.42. The maximum absolute atomic E-state index is 11.7. The van der Waals surface area contributed by atoms with Crippen LogP contribution in [0.4, 0.5) is 0 Å². The van der Waals surface area contributed by atoms with Gasteiger partial charge in [0.15, 0.2) is 0 Å². The van der Waals surface area contributed by atoms with E-state index in [9.17, 15) is 14.4 Å². The van der Waals surface area contributed by atoms with E-state index in [1.165, 1.54) is 15.7 Å². The summed E-state index contributed by atoms with van der Waals surface area (Å²) in [7, 11) is 0. The molecule has 0 saturated carbocycles. The number of likely N-dealkylation sites (tertiary alicyclic amines) is 1. The number of carbonyl (C=O) groups is 1. The number of nitrogens with one attached hydrogen (secondary N) is 1. The van der Waals surface area contributed by atoms with Crippen LogP contribution in [-0.4, -0.2) is 45.2 Å². The Labute approximate surface area is 103 Å². The number of H-pyrrole nitrogens is 1. The molecule has 2 heterocycles. The van der Waals surface area contributed by atoms with Gasteiger partial charge in [-0.2, -0.15) is 0 Å². The van der Waals surface area contributed by atoms with Crippen molar-refractivity contribution in [2.24, 2.45) is 0 Å². The molecule has 1 aromatic rings. The van der Waals surface area contributed by atoms with E-state index in [0.717, 1.165) is 0 Å². The lowest BCUT2D eigenvalue weighted by Crippen LogP contribution is -2.34. The highest BCUT2D eigenvalue weighted by atomic mass is 16.3. The zero-order valence-corrected chi connectivity index (χ0v) is 10.00. The fourth-order valence-electron chi connectivity index (χ4n) is 2.28. The number of hydrogen-bond acceptors (Lipinski definition) is 4. The number of aromatic nitrogens is 2. The van der Waals surface area contributed by atoms with Crippen molar-refractivity contribution < 1.29 is 9.90 Å². The van der Waals surface area contributed by atoms with Crippen molar-refractivity contribution in [3.8, 4) is 0 Å². The smallest absolute Gasteiger partial charge is 0.328 e. The summed E-state index contributed by atoms with van der Waals surface area (Å²) in [6.45, 7) is 1.84. The van der Waals surface area contributed by atoms with Gasteiger partial charge in [0.05, 0.1) is 18.7 Å². The average molecular weight is 253 g/mol. The van der Waals surface area contributed by atoms with Crippen LogP contribution >= 0.6 is 0 Å². The number of rotatable bonds is 3. The summed E-state index contributed by atoms with van der Waals surface area (Å²) in [5.74, 6) is 0. The summed E-state index contributed by atoms with van der Waals surface area (Å²) in [4.78, 5) is 37.5. The third kappa shape index (κ3) is 2.08. The van der Waals surface area contributed by atoms with Crippen LogP contribution in [-0.2, 0) is 4.79 Å². The van der Waals surface area contributed by atoms with Gasteiger partial charge in [0.2, 0.25) is 6.41 Å². The van der Waals surface area contributed by atoms with Gasteiger partial charge in [-0.3, -0.25) is 19.1 Å². The van der Waals surface area contributed by atoms with E-state index in [4.69, 9.17) is 5.11 Å². The van der Waals surface area contributed by atoms with E-state index in [2.05, 4.69) is 4.98 Å². The van der Waals surface area contributed by atoms with Crippen molar-refractivity contribution in [1.82, 2.24) is 14.5 Å². The standard InChI is InChI=1S/C11H15N3O4/c1-7-3-14(11(18)12-10(7)17)8-2-9(5-15)13(4-8)6-16/h3,6,8-9,15H,2,4-5H2,1H3,(H,12,17,18)/t8-,9-/m1/s1. The maximum atomic E-state index is 11.7. The molecule has 1 aliphatic rings. The molecule has 7 heteroatoms. The van der Waals surface area contributed by atoms with E-state index in [1.807, 2.05) is 0 Å². The Balaban J connectivity index is 2.34. The normalized spacial score (nSPS) is 23.3. The van der Waals surface area contributed by atoms with Crippen molar-refractivity contribution in [1.29, 1.82) is 0 Å². The maximum Gasteiger partial charge on any atom is 0.328 e. The second-order valence-electron chi connectivity index (χ2n) is 4.51. The molecule has 1 fully saturated rings. The van der Waals surface area contributed by atoms with Crippen molar-refractivity contribution >= 4 is 6.41 Å². The second kappa shape index (κ2) is 4.77. The molecule has 1 saturated heterocycles. The number of nitrogens with zero attached hydrogens (tertiary/aromatic N) is 2. The first-order valence-electron chi connectivity index (χ1n) is 5.70. The fraction of sp³-hybridized carbons (Fsp3) is 0.545. The summed E-state index contributed by atoms with van der Waals surface area (Å²) in [6.07, 6.45) is 2.67. The SMILES string of the molecule is Cc1cn([C@@H]2C[C@H](CO)N(C=O)C2)c(=O)[nH]c1=O. The Bertz CT molecular complexity index is 562. The van der Waals surface area contributed by atoms with Gasteiger partial charge in [0, 0.05) is 18.3 Å². The third-order valence-electron chi connectivity index (χ3n) is 3.32. The predicted octanol–water partition coefficient (Wildman–Crippen LogP) is -1.39. The Hall–Kier alpha value is -1.89. The van der Waals surface area contributed by atoms with Gasteiger partial charge in [0.25, 0.3) is 5.56 Å². The number of aromatic amines is 1. The molecule has 0 bridgehead atoms. The van der Waals surface area contributed by atoms with E-state index in [1.54, 1.807) is 6.92 Å². The summed E-state index contributed by atoms with van der Waals surface area (Å²) in [6, 6.07) is -0.484. The third-order valence-corrected chi connectivity index (χ3v) is 3.32. The largest absolute Gasteiger partial charge is 0.394 e. The Morgan fingerprint density at radius 1 is 1.56 bits per heavy atom. The molecule has 98 valence electrons. The number of aliphatic hydroxyl groups excluding tert-OH is 1. The van der Waals surface area contributed by atoms with Crippen molar-refractivity contribution in [3.05, 3.63) is 32.6 Å². The topological polar surface area (TPSA) is 95.4 Å². The second-order valence-corrected chi connectivity index (χ2v) is 4.51. The number of aliphatic hydroxyl groups is 1. The van der Waals surface area contributed by atoms with Crippen molar-refractivity contribution in [3.63, 3.8) is 0 Å². The molecule has 0 unspecified atom stereocenters. The summed E-state index contributed by atoms with van der Waals surface area (Å²) >= 11 is 0. The Morgan fingerprint density at radius 3 is 2.83 bits per heavy atom. The van der Waals surface area contributed by atoms with Crippen LogP contribution < -0.4 is 11.2 Å². The Morgan fingerprint density at radius 2 is 2.28 bits per heavy atom. The van der Waals surface area contributed by atoms with Gasteiger partial charge >= 0.3 is 5.69 Å². The quantitative estimate of drug-likeness (QED) is 0.648. The highest BCUT2D eigenvalue weighted by molar-refractivity contribution is 5.48. The van der Waals surface area contributed by atoms with Crippen LogP contribution in [0.3, 0.4) is 0 Å². The molecule has 2 N–H and O–H groups in total. The molecule has 0 spiro atoms. The number of hydrogen-bond donors (Lipinski definition) is 2. The number of carbonyl (C=O) groups excluding carboxylic acids is 1. The molecule has 2 rings (SSSR count). The zero-order valence-electron chi connectivity index (χ0n) is 10.00. The van der Waals surface area contributed by atoms with E-state index in [0.29, 0.717) is 24.9 Å². The van der Waals surface area contributed by atoms with E-state index < -0.39 is 11.2 Å². The van der Waals surface area contributed by atoms with Gasteiger partial charge in [-0.15, -0.1) is 0 Å². The molecule has 0 radical (unpaired) electrons. The molecule has 0 aliphatic carbocycles. The lowest BCUT2D eigenvalue weighted by molar-refractivity contribution is -0.119. The highest BCUT2D eigenvalue weighted by Crippen LogP contribution is 2.24. The molecule has 18 heavy (non-hydrogen) atoms. The van der Waals surface area contributed by atoms with Crippen LogP contribution in [0, 0.1) is 6.92 Å². The minimum atomic E-state index is -0.486. The van der Waals surface area contributed by atoms with Crippen molar-refractivity contribution in [2.45, 2.75) is 25.4 Å². The van der Waals surface area contributed by atoms with E-state index >= 15 is 0 Å². The average Bonchev–Trinajstić information content (AvgIpc) is 2.76. The van der Waals surface area contributed by atoms with Crippen LogP contribution in [0.2, 0.25) is 0 Å². The molecule has 1 amide bonds. The first-order chi connectivity index (χ1) is 8.56. The summed E-state index contributed by atoms with van der Waals surface area (Å²) in [5, 5.41) is 9.15. The number of aryl methyl sites for hydroxylation is 1. The van der Waals surface area contributed by atoms with Gasteiger partial charge in [-0.25, -0.2) is 4.79 Å². The van der Waals surface area contributed by atoms with Crippen LogP contribution in [0.5, 0.6) is 0 Å². The number of amides is 1. The van der Waals surface area contributed by atoms with Gasteiger partial charge in [-0.05, 0) is 13.3 Å². The summed E-state index contributed by atoms with van der Waals surface area (Å²) in [5.41, 5.74) is -0.445. The van der Waals surface area contributed by atoms with Crippen LogP contribution in [0.15, 0.2) is 15.8 Å². The molecule has 1 aromatic heterocycles. The first-order valence-corrected chi connectivity index (χ1v) is 5.70. The minimum Gasteiger partial charge on any atom is -0.394 e. The van der Waals surface area contributed by atoms with E-state index in [-0.39, 0.29) is 18.7 Å². The molecular weight excluding hydrogens is 238 g/mol. The Kier molecular flexibility index (Phi) is 3.33. The molecule has 1 aliphatic heterocycles. The van der Waals surface area contributed by atoms with Gasteiger partial charge in [-0.1, -0.05) is 0 Å². The van der Waals surface area contributed by atoms with Gasteiger partial charge in [0.1, 0.15) is 0 Å². The molecular formula is C11H15N3O4. The molecule has 2 atom stereocenters.